The maximum absolute atomic E-state index is 12.1. The SMILES string of the molecule is O=C(NCc1ccnc(-n2cccn2)c1)NC1(CO)CCCC1. The fraction of sp³-hybridized carbons (Fsp3) is 0.438. The standard InChI is InChI=1S/C16H21N5O2/c22-12-16(5-1-2-6-16)20-15(23)18-11-13-4-8-17-14(10-13)21-9-3-7-19-21/h3-4,7-10,22H,1-2,5-6,11-12H2,(H2,18,20,23). The van der Waals surface area contributed by atoms with Crippen molar-refractivity contribution in [2.45, 2.75) is 37.8 Å². The smallest absolute Gasteiger partial charge is 0.315 e. The average Bonchev–Trinajstić information content (AvgIpc) is 3.25. The minimum Gasteiger partial charge on any atom is -0.394 e. The Morgan fingerprint density at radius 2 is 2.17 bits per heavy atom. The quantitative estimate of drug-likeness (QED) is 0.777. The minimum atomic E-state index is -0.456. The number of rotatable bonds is 5. The maximum Gasteiger partial charge on any atom is 0.315 e. The van der Waals surface area contributed by atoms with Gasteiger partial charge in [0.2, 0.25) is 0 Å². The lowest BCUT2D eigenvalue weighted by Crippen LogP contribution is -2.52. The number of nitrogens with zero attached hydrogens (tertiary/aromatic N) is 3. The zero-order valence-electron chi connectivity index (χ0n) is 12.9. The van der Waals surface area contributed by atoms with Crippen molar-refractivity contribution in [2.75, 3.05) is 6.61 Å². The van der Waals surface area contributed by atoms with E-state index in [1.807, 2.05) is 24.4 Å². The summed E-state index contributed by atoms with van der Waals surface area (Å²) in [4.78, 5) is 16.3. The van der Waals surface area contributed by atoms with Crippen molar-refractivity contribution >= 4 is 6.03 Å². The van der Waals surface area contributed by atoms with Crippen LogP contribution in [0.1, 0.15) is 31.2 Å². The molecule has 0 aliphatic heterocycles. The minimum absolute atomic E-state index is 0.0148. The molecule has 3 rings (SSSR count). The molecular weight excluding hydrogens is 294 g/mol. The molecule has 2 aromatic rings. The third-order valence-electron chi connectivity index (χ3n) is 4.24. The lowest BCUT2D eigenvalue weighted by atomic mass is 9.99. The zero-order chi connectivity index (χ0) is 16.1. The number of hydrogen-bond acceptors (Lipinski definition) is 4. The summed E-state index contributed by atoms with van der Waals surface area (Å²) in [5.41, 5.74) is 0.479. The van der Waals surface area contributed by atoms with Crippen molar-refractivity contribution in [1.29, 1.82) is 0 Å². The van der Waals surface area contributed by atoms with Gasteiger partial charge in [-0.25, -0.2) is 14.5 Å². The first-order chi connectivity index (χ1) is 11.2. The van der Waals surface area contributed by atoms with Crippen LogP contribution >= 0.6 is 0 Å². The molecule has 7 heteroatoms. The molecule has 1 fully saturated rings. The number of amides is 2. The fourth-order valence-corrected chi connectivity index (χ4v) is 2.94. The van der Waals surface area contributed by atoms with Gasteiger partial charge in [0.05, 0.1) is 12.1 Å². The molecule has 2 amide bonds. The Bertz CT molecular complexity index is 650. The van der Waals surface area contributed by atoms with Crippen molar-refractivity contribution in [3.8, 4) is 5.82 Å². The summed E-state index contributed by atoms with van der Waals surface area (Å²) in [6.45, 7) is 0.378. The van der Waals surface area contributed by atoms with E-state index >= 15 is 0 Å². The van der Waals surface area contributed by atoms with Crippen molar-refractivity contribution < 1.29 is 9.90 Å². The third kappa shape index (κ3) is 3.68. The molecule has 0 aromatic carbocycles. The topological polar surface area (TPSA) is 92.1 Å². The average molecular weight is 315 g/mol. The molecule has 7 nitrogen and oxygen atoms in total. The molecule has 122 valence electrons. The molecule has 0 unspecified atom stereocenters. The van der Waals surface area contributed by atoms with E-state index in [9.17, 15) is 9.90 Å². The molecule has 3 N–H and O–H groups in total. The summed E-state index contributed by atoms with van der Waals surface area (Å²) in [7, 11) is 0. The molecule has 0 spiro atoms. The van der Waals surface area contributed by atoms with Crippen LogP contribution in [0.2, 0.25) is 0 Å². The predicted octanol–water partition coefficient (Wildman–Crippen LogP) is 1.37. The van der Waals surface area contributed by atoms with Crippen LogP contribution in [0.25, 0.3) is 5.82 Å². The normalized spacial score (nSPS) is 16.2. The summed E-state index contributed by atoms with van der Waals surface area (Å²) in [6, 6.07) is 5.31. The van der Waals surface area contributed by atoms with E-state index in [1.54, 1.807) is 17.1 Å². The number of urea groups is 1. The van der Waals surface area contributed by atoms with E-state index in [4.69, 9.17) is 0 Å². The van der Waals surface area contributed by atoms with Gasteiger partial charge in [-0.15, -0.1) is 0 Å². The van der Waals surface area contributed by atoms with Gasteiger partial charge in [0.15, 0.2) is 5.82 Å². The molecule has 0 saturated heterocycles. The molecule has 0 radical (unpaired) electrons. The van der Waals surface area contributed by atoms with E-state index in [0.717, 1.165) is 31.2 Å². The van der Waals surface area contributed by atoms with E-state index in [1.165, 1.54) is 0 Å². The molecule has 2 heterocycles. The van der Waals surface area contributed by atoms with Gasteiger partial charge >= 0.3 is 6.03 Å². The first kappa shape index (κ1) is 15.5. The van der Waals surface area contributed by atoms with Crippen LogP contribution in [0.4, 0.5) is 4.79 Å². The number of aliphatic hydroxyl groups is 1. The third-order valence-corrected chi connectivity index (χ3v) is 4.24. The van der Waals surface area contributed by atoms with Gasteiger partial charge in [-0.3, -0.25) is 0 Å². The molecule has 2 aromatic heterocycles. The highest BCUT2D eigenvalue weighted by Crippen LogP contribution is 2.28. The summed E-state index contributed by atoms with van der Waals surface area (Å²) in [6.07, 6.45) is 8.94. The van der Waals surface area contributed by atoms with Crippen molar-refractivity contribution in [2.24, 2.45) is 0 Å². The second kappa shape index (κ2) is 6.78. The number of aliphatic hydroxyl groups excluding tert-OH is 1. The first-order valence-electron chi connectivity index (χ1n) is 7.83. The molecule has 1 aliphatic rings. The van der Waals surface area contributed by atoms with Gasteiger partial charge in [0.25, 0.3) is 0 Å². The number of carbonyl (C=O) groups excluding carboxylic acids is 1. The fourth-order valence-electron chi connectivity index (χ4n) is 2.94. The molecule has 0 atom stereocenters. The van der Waals surface area contributed by atoms with E-state index < -0.39 is 5.54 Å². The van der Waals surface area contributed by atoms with Gasteiger partial charge in [-0.1, -0.05) is 12.8 Å². The monoisotopic (exact) mass is 315 g/mol. The van der Waals surface area contributed by atoms with Gasteiger partial charge in [-0.05, 0) is 36.6 Å². The molecule has 1 saturated carbocycles. The number of hydrogen-bond donors (Lipinski definition) is 3. The Balaban J connectivity index is 1.58. The van der Waals surface area contributed by atoms with Gasteiger partial charge in [0, 0.05) is 25.1 Å². The number of carbonyl (C=O) groups is 1. The van der Waals surface area contributed by atoms with E-state index in [-0.39, 0.29) is 12.6 Å². The lowest BCUT2D eigenvalue weighted by Gasteiger charge is -2.28. The summed E-state index contributed by atoms with van der Waals surface area (Å²) in [5.74, 6) is 0.706. The van der Waals surface area contributed by atoms with Crippen LogP contribution < -0.4 is 10.6 Å². The van der Waals surface area contributed by atoms with E-state index in [0.29, 0.717) is 12.4 Å². The Hall–Kier alpha value is -2.41. The first-order valence-corrected chi connectivity index (χ1v) is 7.83. The van der Waals surface area contributed by atoms with Gasteiger partial charge in [-0.2, -0.15) is 5.10 Å². The zero-order valence-corrected chi connectivity index (χ0v) is 12.9. The largest absolute Gasteiger partial charge is 0.394 e. The van der Waals surface area contributed by atoms with Gasteiger partial charge < -0.3 is 15.7 Å². The van der Waals surface area contributed by atoms with E-state index in [2.05, 4.69) is 20.7 Å². The second-order valence-corrected chi connectivity index (χ2v) is 5.93. The predicted molar refractivity (Wildman–Crippen MR) is 85.0 cm³/mol. The summed E-state index contributed by atoms with van der Waals surface area (Å²) >= 11 is 0. The molecule has 1 aliphatic carbocycles. The highest BCUT2D eigenvalue weighted by Gasteiger charge is 2.34. The molecule has 23 heavy (non-hydrogen) atoms. The summed E-state index contributed by atoms with van der Waals surface area (Å²) < 4.78 is 1.67. The highest BCUT2D eigenvalue weighted by molar-refractivity contribution is 5.74. The van der Waals surface area contributed by atoms with Crippen LogP contribution in [-0.2, 0) is 6.54 Å². The Morgan fingerprint density at radius 1 is 1.35 bits per heavy atom. The Morgan fingerprint density at radius 3 is 2.87 bits per heavy atom. The van der Waals surface area contributed by atoms with Crippen LogP contribution in [-0.4, -0.2) is 38.0 Å². The highest BCUT2D eigenvalue weighted by atomic mass is 16.3. The van der Waals surface area contributed by atoms with Crippen molar-refractivity contribution in [1.82, 2.24) is 25.4 Å². The van der Waals surface area contributed by atoms with Crippen molar-refractivity contribution in [3.63, 3.8) is 0 Å². The Kier molecular flexibility index (Phi) is 4.57. The number of pyridine rings is 1. The lowest BCUT2D eigenvalue weighted by molar-refractivity contribution is 0.163. The van der Waals surface area contributed by atoms with Crippen LogP contribution in [0.15, 0.2) is 36.8 Å². The number of aromatic nitrogens is 3. The Labute approximate surface area is 134 Å². The maximum atomic E-state index is 12.1. The molecular formula is C16H21N5O2. The van der Waals surface area contributed by atoms with Crippen molar-refractivity contribution in [3.05, 3.63) is 42.4 Å². The van der Waals surface area contributed by atoms with Crippen LogP contribution in [0.5, 0.6) is 0 Å². The van der Waals surface area contributed by atoms with Crippen LogP contribution in [0, 0.1) is 0 Å². The summed E-state index contributed by atoms with van der Waals surface area (Å²) in [5, 5.41) is 19.4. The molecule has 0 bridgehead atoms. The van der Waals surface area contributed by atoms with Gasteiger partial charge in [0.1, 0.15) is 0 Å². The second-order valence-electron chi connectivity index (χ2n) is 5.93. The van der Waals surface area contributed by atoms with Crippen LogP contribution in [0.3, 0.4) is 0 Å². The number of nitrogens with one attached hydrogen (secondary N) is 2.